The zero-order valence-corrected chi connectivity index (χ0v) is 19.2. The van der Waals surface area contributed by atoms with E-state index in [0.717, 1.165) is 6.07 Å². The Morgan fingerprint density at radius 2 is 1.97 bits per heavy atom. The molecule has 10 heteroatoms. The van der Waals surface area contributed by atoms with Crippen LogP contribution in [-0.2, 0) is 11.2 Å². The van der Waals surface area contributed by atoms with E-state index < -0.39 is 11.7 Å². The number of carbonyl (C=O) groups excluding carboxylic acids is 2. The lowest BCUT2D eigenvalue weighted by atomic mass is 10.1. The second-order valence-corrected chi connectivity index (χ2v) is 8.03. The Hall–Kier alpha value is -3.46. The van der Waals surface area contributed by atoms with Crippen LogP contribution in [0.25, 0.3) is 0 Å². The standard InChI is InChI=1S/C23H24ClFN4O4/c1-13(2)22-28-21(33-29-22)6-4-5-20(30)26-15-8-10-19(32-3)18(12-15)27-23(31)16-9-7-14(24)11-17(16)25/h7-13H,4-6H2,1-3H3,(H,26,30)(H,27,31). The average molecular weight is 475 g/mol. The highest BCUT2D eigenvalue weighted by atomic mass is 35.5. The molecule has 0 spiro atoms. The predicted molar refractivity (Wildman–Crippen MR) is 122 cm³/mol. The summed E-state index contributed by atoms with van der Waals surface area (Å²) in [6.45, 7) is 3.94. The fraction of sp³-hybridized carbons (Fsp3) is 0.304. The summed E-state index contributed by atoms with van der Waals surface area (Å²) in [5.74, 6) is 0.0252. The van der Waals surface area contributed by atoms with Crippen LogP contribution in [0.4, 0.5) is 15.8 Å². The maximum absolute atomic E-state index is 14.1. The van der Waals surface area contributed by atoms with Crippen molar-refractivity contribution in [3.63, 3.8) is 0 Å². The van der Waals surface area contributed by atoms with Gasteiger partial charge in [0.2, 0.25) is 11.8 Å². The van der Waals surface area contributed by atoms with Gasteiger partial charge in [0.1, 0.15) is 11.6 Å². The van der Waals surface area contributed by atoms with E-state index in [1.165, 1.54) is 25.3 Å². The molecule has 2 aromatic carbocycles. The van der Waals surface area contributed by atoms with E-state index >= 15 is 0 Å². The molecule has 0 atom stereocenters. The van der Waals surface area contributed by atoms with Gasteiger partial charge in [0.25, 0.3) is 5.91 Å². The van der Waals surface area contributed by atoms with Gasteiger partial charge in [-0.05, 0) is 42.8 Å². The summed E-state index contributed by atoms with van der Waals surface area (Å²) in [6.07, 6.45) is 1.26. The van der Waals surface area contributed by atoms with Crippen LogP contribution in [-0.4, -0.2) is 29.1 Å². The van der Waals surface area contributed by atoms with Crippen LogP contribution >= 0.6 is 11.6 Å². The van der Waals surface area contributed by atoms with Crippen LogP contribution in [0.1, 0.15) is 54.7 Å². The number of aryl methyl sites for hydroxylation is 1. The third kappa shape index (κ3) is 6.52. The topological polar surface area (TPSA) is 106 Å². The Kier molecular flexibility index (Phi) is 8.00. The van der Waals surface area contributed by atoms with Gasteiger partial charge in [-0.1, -0.05) is 30.6 Å². The highest BCUT2D eigenvalue weighted by Gasteiger charge is 2.16. The minimum atomic E-state index is -0.745. The maximum atomic E-state index is 14.1. The van der Waals surface area contributed by atoms with Gasteiger partial charge in [-0.25, -0.2) is 4.39 Å². The highest BCUT2D eigenvalue weighted by Crippen LogP contribution is 2.29. The van der Waals surface area contributed by atoms with E-state index in [2.05, 4.69) is 20.8 Å². The monoisotopic (exact) mass is 474 g/mol. The molecule has 0 saturated heterocycles. The second-order valence-electron chi connectivity index (χ2n) is 7.60. The van der Waals surface area contributed by atoms with Crippen molar-refractivity contribution in [3.05, 3.63) is 64.5 Å². The molecule has 1 aromatic heterocycles. The smallest absolute Gasteiger partial charge is 0.258 e. The number of hydrogen-bond acceptors (Lipinski definition) is 6. The minimum Gasteiger partial charge on any atom is -0.495 e. The first-order chi connectivity index (χ1) is 15.8. The molecule has 0 bridgehead atoms. The molecular formula is C23H24ClFN4O4. The van der Waals surface area contributed by atoms with Crippen LogP contribution in [0.3, 0.4) is 0 Å². The van der Waals surface area contributed by atoms with Crippen molar-refractivity contribution in [1.82, 2.24) is 10.1 Å². The molecule has 0 saturated carbocycles. The maximum Gasteiger partial charge on any atom is 0.258 e. The molecule has 0 fully saturated rings. The molecular weight excluding hydrogens is 451 g/mol. The minimum absolute atomic E-state index is 0.169. The Bertz CT molecular complexity index is 1150. The van der Waals surface area contributed by atoms with E-state index in [-0.39, 0.29) is 34.5 Å². The lowest BCUT2D eigenvalue weighted by Crippen LogP contribution is -2.15. The van der Waals surface area contributed by atoms with E-state index in [9.17, 15) is 14.0 Å². The number of anilines is 2. The number of amides is 2. The molecule has 0 radical (unpaired) electrons. The fourth-order valence-electron chi connectivity index (χ4n) is 2.97. The molecule has 0 aliphatic rings. The number of methoxy groups -OCH3 is 1. The normalized spacial score (nSPS) is 10.8. The largest absolute Gasteiger partial charge is 0.495 e. The SMILES string of the molecule is COc1ccc(NC(=O)CCCc2nc(C(C)C)no2)cc1NC(=O)c1ccc(Cl)cc1F. The number of nitrogens with zero attached hydrogens (tertiary/aromatic N) is 2. The number of ether oxygens (including phenoxy) is 1. The molecule has 0 aliphatic heterocycles. The zero-order chi connectivity index (χ0) is 24.0. The van der Waals surface area contributed by atoms with Gasteiger partial charge >= 0.3 is 0 Å². The summed E-state index contributed by atoms with van der Waals surface area (Å²) in [7, 11) is 1.44. The number of carbonyl (C=O) groups is 2. The molecule has 8 nitrogen and oxygen atoms in total. The summed E-state index contributed by atoms with van der Waals surface area (Å²) < 4.78 is 24.5. The number of aromatic nitrogens is 2. The number of benzene rings is 2. The number of nitrogens with one attached hydrogen (secondary N) is 2. The lowest BCUT2D eigenvalue weighted by molar-refractivity contribution is -0.116. The van der Waals surface area contributed by atoms with Crippen LogP contribution in [0.5, 0.6) is 5.75 Å². The van der Waals surface area contributed by atoms with Crippen molar-refractivity contribution in [1.29, 1.82) is 0 Å². The molecule has 3 aromatic rings. The quantitative estimate of drug-likeness (QED) is 0.441. The third-order valence-corrected chi connectivity index (χ3v) is 4.94. The molecule has 0 aliphatic carbocycles. The van der Waals surface area contributed by atoms with Gasteiger partial charge in [0, 0.05) is 29.5 Å². The Labute approximate surface area is 195 Å². The van der Waals surface area contributed by atoms with Crippen LogP contribution in [0, 0.1) is 5.82 Å². The van der Waals surface area contributed by atoms with Gasteiger partial charge in [-0.3, -0.25) is 9.59 Å². The molecule has 2 amide bonds. The summed E-state index contributed by atoms with van der Waals surface area (Å²) in [4.78, 5) is 29.1. The van der Waals surface area contributed by atoms with Crippen LogP contribution in [0.15, 0.2) is 40.9 Å². The van der Waals surface area contributed by atoms with Crippen molar-refractivity contribution < 1.29 is 23.2 Å². The summed E-state index contributed by atoms with van der Waals surface area (Å²) in [5.41, 5.74) is 0.562. The fourth-order valence-corrected chi connectivity index (χ4v) is 3.13. The van der Waals surface area contributed by atoms with Crippen LogP contribution < -0.4 is 15.4 Å². The van der Waals surface area contributed by atoms with Crippen molar-refractivity contribution in [2.45, 2.75) is 39.0 Å². The zero-order valence-electron chi connectivity index (χ0n) is 18.4. The molecule has 33 heavy (non-hydrogen) atoms. The first-order valence-corrected chi connectivity index (χ1v) is 10.7. The first kappa shape index (κ1) is 24.2. The molecule has 3 rings (SSSR count). The van der Waals surface area contributed by atoms with Crippen molar-refractivity contribution >= 4 is 34.8 Å². The van der Waals surface area contributed by atoms with Crippen molar-refractivity contribution in [2.75, 3.05) is 17.7 Å². The van der Waals surface area contributed by atoms with E-state index in [1.807, 2.05) is 13.8 Å². The Morgan fingerprint density at radius 3 is 2.64 bits per heavy atom. The van der Waals surface area contributed by atoms with Crippen molar-refractivity contribution in [2.24, 2.45) is 0 Å². The van der Waals surface area contributed by atoms with Gasteiger partial charge in [0.15, 0.2) is 5.82 Å². The lowest BCUT2D eigenvalue weighted by Gasteiger charge is -2.13. The van der Waals surface area contributed by atoms with Gasteiger partial charge in [0.05, 0.1) is 18.4 Å². The molecule has 1 heterocycles. The Morgan fingerprint density at radius 1 is 1.18 bits per heavy atom. The first-order valence-electron chi connectivity index (χ1n) is 10.3. The summed E-state index contributed by atoms with van der Waals surface area (Å²) in [5, 5.41) is 9.46. The average Bonchev–Trinajstić information content (AvgIpc) is 3.23. The second kappa shape index (κ2) is 10.9. The summed E-state index contributed by atoms with van der Waals surface area (Å²) in [6, 6.07) is 8.54. The van der Waals surface area contributed by atoms with Gasteiger partial charge < -0.3 is 19.9 Å². The summed E-state index contributed by atoms with van der Waals surface area (Å²) >= 11 is 5.74. The Balaban J connectivity index is 1.61. The molecule has 174 valence electrons. The number of hydrogen-bond donors (Lipinski definition) is 2. The van der Waals surface area contributed by atoms with E-state index in [4.69, 9.17) is 20.9 Å². The number of rotatable bonds is 9. The van der Waals surface area contributed by atoms with Gasteiger partial charge in [-0.15, -0.1) is 0 Å². The van der Waals surface area contributed by atoms with E-state index in [1.54, 1.807) is 12.1 Å². The van der Waals surface area contributed by atoms with Crippen molar-refractivity contribution in [3.8, 4) is 5.75 Å². The molecule has 2 N–H and O–H groups in total. The predicted octanol–water partition coefficient (Wildman–Crippen LogP) is 5.21. The third-order valence-electron chi connectivity index (χ3n) is 4.70. The highest BCUT2D eigenvalue weighted by molar-refractivity contribution is 6.30. The number of halogens is 2. The van der Waals surface area contributed by atoms with Gasteiger partial charge in [-0.2, -0.15) is 4.98 Å². The van der Waals surface area contributed by atoms with Crippen LogP contribution in [0.2, 0.25) is 5.02 Å². The molecule has 0 unspecified atom stereocenters. The van der Waals surface area contributed by atoms with E-state index in [0.29, 0.717) is 36.0 Å².